The van der Waals surface area contributed by atoms with Crippen molar-refractivity contribution in [3.63, 3.8) is 0 Å². The Bertz CT molecular complexity index is 597. The van der Waals surface area contributed by atoms with Crippen LogP contribution in [0.4, 0.5) is 26.3 Å². The van der Waals surface area contributed by atoms with Crippen molar-refractivity contribution < 1.29 is 36.2 Å². The SMILES string of the molecule is OC(Cc1cccc(/C=N/N2CCOCC2)n1)(C(F)(F)F)C(F)(F)F. The monoisotopic (exact) mass is 371 g/mol. The molecule has 25 heavy (non-hydrogen) atoms. The number of pyridine rings is 1. The van der Waals surface area contributed by atoms with Crippen molar-refractivity contribution in [1.29, 1.82) is 0 Å². The second-order valence-electron chi connectivity index (χ2n) is 5.40. The zero-order chi connectivity index (χ0) is 18.7. The summed E-state index contributed by atoms with van der Waals surface area (Å²) in [5, 5.41) is 14.9. The Morgan fingerprint density at radius 2 is 1.72 bits per heavy atom. The number of hydrazone groups is 1. The highest BCUT2D eigenvalue weighted by Crippen LogP contribution is 2.44. The topological polar surface area (TPSA) is 58.0 Å². The van der Waals surface area contributed by atoms with Crippen molar-refractivity contribution in [2.24, 2.45) is 5.10 Å². The molecule has 0 aromatic carbocycles. The number of ether oxygens (including phenoxy) is 1. The number of aromatic nitrogens is 1. The molecule has 1 aromatic rings. The molecule has 0 saturated carbocycles. The average molecular weight is 371 g/mol. The number of hydrogen-bond donors (Lipinski definition) is 1. The van der Waals surface area contributed by atoms with E-state index in [0.29, 0.717) is 26.3 Å². The Hall–Kier alpha value is -1.88. The number of hydrogen-bond acceptors (Lipinski definition) is 5. The van der Waals surface area contributed by atoms with Gasteiger partial charge in [-0.25, -0.2) is 0 Å². The third-order valence-electron chi connectivity index (χ3n) is 3.54. The summed E-state index contributed by atoms with van der Waals surface area (Å²) in [6.07, 6.45) is -12.3. The lowest BCUT2D eigenvalue weighted by atomic mass is 9.95. The molecule has 1 fully saturated rings. The Morgan fingerprint density at radius 3 is 2.28 bits per heavy atom. The molecule has 1 N–H and O–H groups in total. The molecule has 0 radical (unpaired) electrons. The largest absolute Gasteiger partial charge is 0.426 e. The Balaban J connectivity index is 2.18. The number of rotatable bonds is 4. The molecule has 5 nitrogen and oxygen atoms in total. The van der Waals surface area contributed by atoms with E-state index < -0.39 is 30.1 Å². The lowest BCUT2D eigenvalue weighted by Crippen LogP contribution is -2.58. The second kappa shape index (κ2) is 7.16. The van der Waals surface area contributed by atoms with Crippen LogP contribution in [0.2, 0.25) is 0 Å². The summed E-state index contributed by atoms with van der Waals surface area (Å²) in [5.74, 6) is 0. The van der Waals surface area contributed by atoms with Crippen LogP contribution in [0.3, 0.4) is 0 Å². The van der Waals surface area contributed by atoms with Gasteiger partial charge >= 0.3 is 12.4 Å². The van der Waals surface area contributed by atoms with E-state index in [4.69, 9.17) is 4.74 Å². The van der Waals surface area contributed by atoms with E-state index in [1.165, 1.54) is 18.3 Å². The minimum Gasteiger partial charge on any atom is -0.378 e. The molecule has 0 aliphatic carbocycles. The first-order valence-corrected chi connectivity index (χ1v) is 7.21. The molecule has 0 bridgehead atoms. The molecule has 0 amide bonds. The fourth-order valence-electron chi connectivity index (χ4n) is 2.10. The highest BCUT2D eigenvalue weighted by molar-refractivity contribution is 5.76. The maximum absolute atomic E-state index is 12.7. The molecule has 2 rings (SSSR count). The summed E-state index contributed by atoms with van der Waals surface area (Å²) in [6, 6.07) is 3.61. The molecule has 11 heteroatoms. The number of aliphatic hydroxyl groups is 1. The van der Waals surface area contributed by atoms with Crippen molar-refractivity contribution >= 4 is 6.21 Å². The molecular formula is C14H15F6N3O2. The first-order valence-electron chi connectivity index (χ1n) is 7.21. The third-order valence-corrected chi connectivity index (χ3v) is 3.54. The van der Waals surface area contributed by atoms with Crippen LogP contribution >= 0.6 is 0 Å². The number of alkyl halides is 6. The van der Waals surface area contributed by atoms with E-state index in [-0.39, 0.29) is 5.69 Å². The van der Waals surface area contributed by atoms with Crippen molar-refractivity contribution in [2.75, 3.05) is 26.3 Å². The molecule has 2 heterocycles. The van der Waals surface area contributed by atoms with Gasteiger partial charge in [-0.3, -0.25) is 9.99 Å². The van der Waals surface area contributed by atoms with Gasteiger partial charge in [0, 0.05) is 12.1 Å². The summed E-state index contributed by atoms with van der Waals surface area (Å²) in [4.78, 5) is 3.70. The first kappa shape index (κ1) is 19.4. The smallest absolute Gasteiger partial charge is 0.378 e. The van der Waals surface area contributed by atoms with Crippen LogP contribution in [0, 0.1) is 0 Å². The number of nitrogens with zero attached hydrogens (tertiary/aromatic N) is 3. The van der Waals surface area contributed by atoms with Crippen LogP contribution in [-0.4, -0.2) is 65.6 Å². The molecule has 140 valence electrons. The Labute approximate surface area is 138 Å². The average Bonchev–Trinajstić information content (AvgIpc) is 2.52. The van der Waals surface area contributed by atoms with Crippen LogP contribution in [-0.2, 0) is 11.2 Å². The van der Waals surface area contributed by atoms with Crippen LogP contribution in [0.25, 0.3) is 0 Å². The van der Waals surface area contributed by atoms with E-state index in [1.807, 2.05) is 0 Å². The van der Waals surface area contributed by atoms with Gasteiger partial charge in [-0.1, -0.05) is 6.07 Å². The van der Waals surface area contributed by atoms with E-state index in [0.717, 1.165) is 6.07 Å². The summed E-state index contributed by atoms with van der Waals surface area (Å²) in [7, 11) is 0. The predicted molar refractivity (Wildman–Crippen MR) is 75.0 cm³/mol. The second-order valence-corrected chi connectivity index (χ2v) is 5.40. The van der Waals surface area contributed by atoms with Gasteiger partial charge in [0.05, 0.1) is 38.2 Å². The predicted octanol–water partition coefficient (Wildman–Crippen LogP) is 2.15. The van der Waals surface area contributed by atoms with Gasteiger partial charge in [-0.05, 0) is 12.1 Å². The van der Waals surface area contributed by atoms with Crippen molar-refractivity contribution in [3.8, 4) is 0 Å². The normalized spacial score (nSPS) is 17.3. The molecule has 0 atom stereocenters. The minimum absolute atomic E-state index is 0.0793. The number of halogens is 6. The van der Waals surface area contributed by atoms with E-state index >= 15 is 0 Å². The maximum Gasteiger partial charge on any atom is 0.426 e. The highest BCUT2D eigenvalue weighted by atomic mass is 19.4. The molecule has 1 saturated heterocycles. The third kappa shape index (κ3) is 4.60. The molecule has 0 unspecified atom stereocenters. The molecular weight excluding hydrogens is 356 g/mol. The number of morpholine rings is 1. The fraction of sp³-hybridized carbons (Fsp3) is 0.571. The van der Waals surface area contributed by atoms with Gasteiger partial charge in [-0.15, -0.1) is 0 Å². The fourth-order valence-corrected chi connectivity index (χ4v) is 2.10. The quantitative estimate of drug-likeness (QED) is 0.651. The Morgan fingerprint density at radius 1 is 1.12 bits per heavy atom. The van der Waals surface area contributed by atoms with E-state index in [9.17, 15) is 31.4 Å². The van der Waals surface area contributed by atoms with Gasteiger partial charge < -0.3 is 9.84 Å². The summed E-state index contributed by atoms with van der Waals surface area (Å²) in [5.41, 5.74) is -5.34. The van der Waals surface area contributed by atoms with Crippen LogP contribution in [0.5, 0.6) is 0 Å². The summed E-state index contributed by atoms with van der Waals surface area (Å²) >= 11 is 0. The maximum atomic E-state index is 12.7. The van der Waals surface area contributed by atoms with Gasteiger partial charge in [-0.2, -0.15) is 31.4 Å². The first-order chi connectivity index (χ1) is 11.5. The minimum atomic E-state index is -5.88. The van der Waals surface area contributed by atoms with Crippen LogP contribution < -0.4 is 0 Å². The highest BCUT2D eigenvalue weighted by Gasteiger charge is 2.70. The van der Waals surface area contributed by atoms with E-state index in [2.05, 4.69) is 10.1 Å². The van der Waals surface area contributed by atoms with Gasteiger partial charge in [0.2, 0.25) is 0 Å². The molecule has 1 aliphatic rings. The van der Waals surface area contributed by atoms with Crippen LogP contribution in [0.1, 0.15) is 11.4 Å². The van der Waals surface area contributed by atoms with Crippen LogP contribution in [0.15, 0.2) is 23.3 Å². The lowest BCUT2D eigenvalue weighted by Gasteiger charge is -2.32. The van der Waals surface area contributed by atoms with Gasteiger partial charge in [0.25, 0.3) is 5.60 Å². The summed E-state index contributed by atoms with van der Waals surface area (Å²) in [6.45, 7) is 1.96. The zero-order valence-corrected chi connectivity index (χ0v) is 12.8. The Kier molecular flexibility index (Phi) is 5.57. The molecule has 1 aromatic heterocycles. The van der Waals surface area contributed by atoms with Crippen molar-refractivity contribution in [1.82, 2.24) is 9.99 Å². The van der Waals surface area contributed by atoms with Gasteiger partial charge in [0.1, 0.15) is 0 Å². The molecule has 1 aliphatic heterocycles. The summed E-state index contributed by atoms with van der Waals surface area (Å²) < 4.78 is 81.5. The lowest BCUT2D eigenvalue weighted by molar-refractivity contribution is -0.367. The molecule has 0 spiro atoms. The zero-order valence-electron chi connectivity index (χ0n) is 12.8. The van der Waals surface area contributed by atoms with E-state index in [1.54, 1.807) is 5.01 Å². The standard InChI is InChI=1S/C14H15F6N3O2/c15-13(16,17)12(24,14(18,19)20)8-10-2-1-3-11(22-10)9-21-23-4-6-25-7-5-23/h1-3,9,24H,4-8H2/b21-9+. The van der Waals surface area contributed by atoms with Gasteiger partial charge in [0.15, 0.2) is 0 Å². The van der Waals surface area contributed by atoms with Crippen molar-refractivity contribution in [3.05, 3.63) is 29.6 Å². The van der Waals surface area contributed by atoms with Crippen molar-refractivity contribution in [2.45, 2.75) is 24.4 Å².